The third-order valence-corrected chi connectivity index (χ3v) is 4.87. The molecule has 4 rings (SSSR count). The van der Waals surface area contributed by atoms with E-state index in [0.717, 1.165) is 27.9 Å². The van der Waals surface area contributed by atoms with Crippen molar-refractivity contribution in [3.05, 3.63) is 59.4 Å². The van der Waals surface area contributed by atoms with Gasteiger partial charge < -0.3 is 15.3 Å². The molecule has 4 aromatic rings. The number of aromatic nitrogens is 1. The number of benzene rings is 3. The molecule has 0 spiro atoms. The van der Waals surface area contributed by atoms with Crippen molar-refractivity contribution in [2.45, 2.75) is 20.8 Å². The van der Waals surface area contributed by atoms with Gasteiger partial charge in [-0.25, -0.2) is 0 Å². The molecular formula is C22H19NO3. The van der Waals surface area contributed by atoms with Crippen LogP contribution in [0.3, 0.4) is 0 Å². The normalized spacial score (nSPS) is 11.3. The quantitative estimate of drug-likeness (QED) is 0.449. The SMILES string of the molecule is Cc1cc2ccc(-c3c(C)cc(O)c4c(O)cccc34)c(O)c2c(C)n1. The lowest BCUT2D eigenvalue weighted by Gasteiger charge is -2.16. The number of aromatic hydroxyl groups is 3. The van der Waals surface area contributed by atoms with Crippen LogP contribution in [0.2, 0.25) is 0 Å². The maximum Gasteiger partial charge on any atom is 0.133 e. The zero-order chi connectivity index (χ0) is 18.6. The number of hydrogen-bond acceptors (Lipinski definition) is 4. The van der Waals surface area contributed by atoms with Gasteiger partial charge in [0.15, 0.2) is 0 Å². The van der Waals surface area contributed by atoms with Crippen LogP contribution in [-0.2, 0) is 0 Å². The van der Waals surface area contributed by atoms with Crippen LogP contribution in [0.1, 0.15) is 17.0 Å². The van der Waals surface area contributed by atoms with E-state index in [9.17, 15) is 15.3 Å². The number of rotatable bonds is 1. The summed E-state index contributed by atoms with van der Waals surface area (Å²) in [5.41, 5.74) is 3.92. The molecule has 0 fully saturated rings. The molecule has 4 heteroatoms. The first-order valence-corrected chi connectivity index (χ1v) is 8.43. The lowest BCUT2D eigenvalue weighted by Crippen LogP contribution is -1.92. The standard InChI is InChI=1S/C22H19NO3/c1-11-9-18(25)21-15(5-4-6-17(21)24)19(11)16-8-7-14-10-12(2)23-13(3)20(14)22(16)26/h4-10,24-26H,1-3H3. The first-order valence-electron chi connectivity index (χ1n) is 8.43. The van der Waals surface area contributed by atoms with Crippen molar-refractivity contribution >= 4 is 21.5 Å². The Hall–Kier alpha value is -3.27. The largest absolute Gasteiger partial charge is 0.507 e. The molecule has 0 saturated carbocycles. The van der Waals surface area contributed by atoms with E-state index in [-0.39, 0.29) is 17.2 Å². The van der Waals surface area contributed by atoms with Crippen molar-refractivity contribution in [3.8, 4) is 28.4 Å². The van der Waals surface area contributed by atoms with Gasteiger partial charge in [0.1, 0.15) is 17.2 Å². The Bertz CT molecular complexity index is 1200. The van der Waals surface area contributed by atoms with Gasteiger partial charge in [0.2, 0.25) is 0 Å². The third kappa shape index (κ3) is 2.26. The summed E-state index contributed by atoms with van der Waals surface area (Å²) in [6.07, 6.45) is 0. The molecule has 3 N–H and O–H groups in total. The Morgan fingerprint density at radius 2 is 1.58 bits per heavy atom. The molecule has 1 aromatic heterocycles. The summed E-state index contributed by atoms with van der Waals surface area (Å²) in [6.45, 7) is 5.69. The van der Waals surface area contributed by atoms with Crippen LogP contribution >= 0.6 is 0 Å². The zero-order valence-corrected chi connectivity index (χ0v) is 14.8. The molecule has 26 heavy (non-hydrogen) atoms. The fourth-order valence-corrected chi connectivity index (χ4v) is 3.82. The Balaban J connectivity index is 2.15. The highest BCUT2D eigenvalue weighted by molar-refractivity contribution is 6.07. The van der Waals surface area contributed by atoms with Crippen molar-refractivity contribution in [1.29, 1.82) is 0 Å². The van der Waals surface area contributed by atoms with Gasteiger partial charge in [0.25, 0.3) is 0 Å². The molecule has 0 bridgehead atoms. The predicted octanol–water partition coefficient (Wildman–Crippen LogP) is 5.10. The van der Waals surface area contributed by atoms with E-state index in [1.54, 1.807) is 12.1 Å². The van der Waals surface area contributed by atoms with Gasteiger partial charge in [-0.2, -0.15) is 0 Å². The van der Waals surface area contributed by atoms with Gasteiger partial charge in [-0.3, -0.25) is 4.98 Å². The number of phenols is 3. The summed E-state index contributed by atoms with van der Waals surface area (Å²) in [6, 6.07) is 12.5. The highest BCUT2D eigenvalue weighted by Crippen LogP contribution is 2.45. The van der Waals surface area contributed by atoms with Gasteiger partial charge >= 0.3 is 0 Å². The van der Waals surface area contributed by atoms with Crippen LogP contribution in [0, 0.1) is 20.8 Å². The topological polar surface area (TPSA) is 73.6 Å². The summed E-state index contributed by atoms with van der Waals surface area (Å²) >= 11 is 0. The molecule has 4 nitrogen and oxygen atoms in total. The van der Waals surface area contributed by atoms with Crippen molar-refractivity contribution in [2.75, 3.05) is 0 Å². The molecule has 0 saturated heterocycles. The number of pyridine rings is 1. The number of hydrogen-bond donors (Lipinski definition) is 3. The Morgan fingerprint density at radius 1 is 0.808 bits per heavy atom. The molecule has 0 aliphatic carbocycles. The third-order valence-electron chi connectivity index (χ3n) is 4.87. The first kappa shape index (κ1) is 16.2. The molecule has 0 atom stereocenters. The summed E-state index contributed by atoms with van der Waals surface area (Å²) in [7, 11) is 0. The van der Waals surface area contributed by atoms with Crippen LogP contribution in [-0.4, -0.2) is 20.3 Å². The number of fused-ring (bicyclic) bond motifs is 2. The van der Waals surface area contributed by atoms with E-state index in [4.69, 9.17) is 0 Å². The fourth-order valence-electron chi connectivity index (χ4n) is 3.82. The average Bonchev–Trinajstić information content (AvgIpc) is 2.55. The second-order valence-corrected chi connectivity index (χ2v) is 6.70. The van der Waals surface area contributed by atoms with Crippen molar-refractivity contribution < 1.29 is 15.3 Å². The highest BCUT2D eigenvalue weighted by Gasteiger charge is 2.18. The van der Waals surface area contributed by atoms with Gasteiger partial charge in [0.05, 0.1) is 5.39 Å². The highest BCUT2D eigenvalue weighted by atomic mass is 16.3. The summed E-state index contributed by atoms with van der Waals surface area (Å²) in [5.74, 6) is 0.189. The van der Waals surface area contributed by atoms with Crippen molar-refractivity contribution in [2.24, 2.45) is 0 Å². The van der Waals surface area contributed by atoms with Gasteiger partial charge in [-0.05, 0) is 66.9 Å². The first-order chi connectivity index (χ1) is 12.4. The van der Waals surface area contributed by atoms with Crippen LogP contribution in [0.15, 0.2) is 42.5 Å². The molecule has 0 aliphatic rings. The summed E-state index contributed by atoms with van der Waals surface area (Å²) in [4.78, 5) is 4.47. The molecule has 0 amide bonds. The number of phenolic OH excluding ortho intramolecular Hbond substituents is 3. The molecule has 130 valence electrons. The van der Waals surface area contributed by atoms with Gasteiger partial charge in [-0.1, -0.05) is 18.2 Å². The maximum atomic E-state index is 11.0. The molecule has 3 aromatic carbocycles. The molecule has 0 unspecified atom stereocenters. The molecular weight excluding hydrogens is 326 g/mol. The Kier molecular flexibility index (Phi) is 3.51. The van der Waals surface area contributed by atoms with Crippen LogP contribution in [0.25, 0.3) is 32.7 Å². The van der Waals surface area contributed by atoms with E-state index in [1.807, 2.05) is 45.0 Å². The maximum absolute atomic E-state index is 11.0. The Morgan fingerprint density at radius 3 is 2.35 bits per heavy atom. The van der Waals surface area contributed by atoms with E-state index in [0.29, 0.717) is 21.7 Å². The molecule has 1 heterocycles. The van der Waals surface area contributed by atoms with E-state index >= 15 is 0 Å². The fraction of sp³-hybridized carbons (Fsp3) is 0.136. The predicted molar refractivity (Wildman–Crippen MR) is 104 cm³/mol. The summed E-state index contributed by atoms with van der Waals surface area (Å²) < 4.78 is 0. The summed E-state index contributed by atoms with van der Waals surface area (Å²) in [5, 5.41) is 34.2. The second kappa shape index (κ2) is 5.63. The minimum Gasteiger partial charge on any atom is -0.507 e. The second-order valence-electron chi connectivity index (χ2n) is 6.70. The smallest absolute Gasteiger partial charge is 0.133 e. The van der Waals surface area contributed by atoms with E-state index in [2.05, 4.69) is 4.98 Å². The Labute approximate surface area is 151 Å². The lowest BCUT2D eigenvalue weighted by atomic mass is 9.90. The van der Waals surface area contributed by atoms with Crippen LogP contribution in [0.4, 0.5) is 0 Å². The van der Waals surface area contributed by atoms with Crippen molar-refractivity contribution in [1.82, 2.24) is 4.98 Å². The monoisotopic (exact) mass is 345 g/mol. The lowest BCUT2D eigenvalue weighted by molar-refractivity contribution is 0.463. The van der Waals surface area contributed by atoms with Gasteiger partial charge in [0, 0.05) is 22.3 Å². The minimum absolute atomic E-state index is 0.00926. The molecule has 0 radical (unpaired) electrons. The van der Waals surface area contributed by atoms with Crippen molar-refractivity contribution in [3.63, 3.8) is 0 Å². The average molecular weight is 345 g/mol. The van der Waals surface area contributed by atoms with Gasteiger partial charge in [-0.15, -0.1) is 0 Å². The zero-order valence-electron chi connectivity index (χ0n) is 14.8. The minimum atomic E-state index is 0.00926. The number of nitrogens with zero attached hydrogens (tertiary/aromatic N) is 1. The van der Waals surface area contributed by atoms with Crippen LogP contribution < -0.4 is 0 Å². The van der Waals surface area contributed by atoms with Crippen LogP contribution in [0.5, 0.6) is 17.2 Å². The molecule has 0 aliphatic heterocycles. The van der Waals surface area contributed by atoms with E-state index in [1.165, 1.54) is 6.07 Å². The number of aryl methyl sites for hydroxylation is 3. The van der Waals surface area contributed by atoms with E-state index < -0.39 is 0 Å².